The first-order chi connectivity index (χ1) is 11.0. The van der Waals surface area contributed by atoms with Crippen molar-refractivity contribution < 1.29 is 26.3 Å². The summed E-state index contributed by atoms with van der Waals surface area (Å²) >= 11 is 0. The zero-order chi connectivity index (χ0) is 18.0. The number of nitrogens with zero attached hydrogens (tertiary/aromatic N) is 1. The maximum atomic E-state index is 12.1. The summed E-state index contributed by atoms with van der Waals surface area (Å²) in [5, 5.41) is 2.74. The summed E-state index contributed by atoms with van der Waals surface area (Å²) in [6, 6.07) is 5.03. The zero-order valence-electron chi connectivity index (χ0n) is 13.3. The van der Waals surface area contributed by atoms with Crippen LogP contribution in [0.25, 0.3) is 0 Å². The van der Waals surface area contributed by atoms with Gasteiger partial charge in [0.25, 0.3) is 0 Å². The lowest BCUT2D eigenvalue weighted by Gasteiger charge is -2.12. The Bertz CT molecular complexity index is 717. The maximum Gasteiger partial charge on any atom is 0.573 e. The number of guanidine groups is 1. The monoisotopic (exact) mass is 493 g/mol. The molecular weight excluding hydrogens is 474 g/mol. The largest absolute Gasteiger partial charge is 0.573 e. The Labute approximate surface area is 161 Å². The van der Waals surface area contributed by atoms with Gasteiger partial charge < -0.3 is 15.8 Å². The maximum absolute atomic E-state index is 12.1. The fourth-order valence-electron chi connectivity index (χ4n) is 2.26. The average molecular weight is 493 g/mol. The van der Waals surface area contributed by atoms with Crippen LogP contribution >= 0.6 is 24.0 Å². The van der Waals surface area contributed by atoms with Gasteiger partial charge in [0.2, 0.25) is 0 Å². The van der Waals surface area contributed by atoms with Crippen molar-refractivity contribution in [1.29, 1.82) is 0 Å². The Morgan fingerprint density at radius 3 is 2.32 bits per heavy atom. The number of anilines is 1. The van der Waals surface area contributed by atoms with Gasteiger partial charge in [-0.1, -0.05) is 0 Å². The fourth-order valence-corrected chi connectivity index (χ4v) is 3.75. The SMILES string of the molecule is CS(=O)(=O)CC1(CN=C(N)Nc2ccc(OC(F)(F)F)cc2)CC1.I. The molecule has 0 radical (unpaired) electrons. The zero-order valence-corrected chi connectivity index (χ0v) is 16.5. The van der Waals surface area contributed by atoms with Crippen LogP contribution in [0.15, 0.2) is 29.3 Å². The van der Waals surface area contributed by atoms with Crippen LogP contribution in [0.2, 0.25) is 0 Å². The fraction of sp³-hybridized carbons (Fsp3) is 0.500. The molecule has 0 heterocycles. The lowest BCUT2D eigenvalue weighted by atomic mass is 10.1. The van der Waals surface area contributed by atoms with Crippen LogP contribution in [-0.4, -0.2) is 39.3 Å². The second kappa shape index (κ2) is 7.98. The van der Waals surface area contributed by atoms with Gasteiger partial charge in [-0.25, -0.2) is 8.42 Å². The molecule has 1 aliphatic carbocycles. The predicted molar refractivity (Wildman–Crippen MR) is 100 cm³/mol. The van der Waals surface area contributed by atoms with Gasteiger partial charge in [-0.2, -0.15) is 0 Å². The number of nitrogens with two attached hydrogens (primary N) is 1. The second-order valence-electron chi connectivity index (χ2n) is 5.97. The first-order valence-corrected chi connectivity index (χ1v) is 9.13. The lowest BCUT2D eigenvalue weighted by Crippen LogP contribution is -2.26. The standard InChI is InChI=1S/C14H18F3N3O3S.HI/c1-24(21,22)9-13(6-7-13)8-19-12(18)20-10-2-4-11(5-3-10)23-14(15,16)17;/h2-5H,6-9H2,1H3,(H3,18,19,20);1H. The first-order valence-electron chi connectivity index (χ1n) is 7.07. The molecule has 6 nitrogen and oxygen atoms in total. The van der Waals surface area contributed by atoms with Gasteiger partial charge >= 0.3 is 6.36 Å². The van der Waals surface area contributed by atoms with Crippen molar-refractivity contribution in [1.82, 2.24) is 0 Å². The van der Waals surface area contributed by atoms with Crippen LogP contribution < -0.4 is 15.8 Å². The van der Waals surface area contributed by atoms with Crippen LogP contribution in [0.4, 0.5) is 18.9 Å². The number of halogens is 4. The van der Waals surface area contributed by atoms with E-state index < -0.39 is 16.2 Å². The normalized spacial score (nSPS) is 16.7. The van der Waals surface area contributed by atoms with E-state index in [2.05, 4.69) is 15.0 Å². The van der Waals surface area contributed by atoms with E-state index in [1.807, 2.05) is 0 Å². The minimum atomic E-state index is -4.74. The number of alkyl halides is 3. The molecule has 1 aliphatic rings. The van der Waals surface area contributed by atoms with E-state index in [4.69, 9.17) is 5.73 Å². The van der Waals surface area contributed by atoms with Crippen LogP contribution in [0.5, 0.6) is 5.75 Å². The van der Waals surface area contributed by atoms with E-state index in [1.165, 1.54) is 18.4 Å². The third kappa shape index (κ3) is 8.12. The number of ether oxygens (including phenoxy) is 1. The summed E-state index contributed by atoms with van der Waals surface area (Å²) < 4.78 is 62.7. The van der Waals surface area contributed by atoms with Crippen molar-refractivity contribution in [3.63, 3.8) is 0 Å². The molecule has 0 amide bonds. The van der Waals surface area contributed by atoms with Crippen molar-refractivity contribution in [3.05, 3.63) is 24.3 Å². The number of hydrogen-bond donors (Lipinski definition) is 2. The topological polar surface area (TPSA) is 93.8 Å². The highest BCUT2D eigenvalue weighted by Crippen LogP contribution is 2.46. The number of sulfone groups is 1. The minimum absolute atomic E-state index is 0. The van der Waals surface area contributed by atoms with Crippen LogP contribution in [0, 0.1) is 5.41 Å². The molecule has 1 saturated carbocycles. The second-order valence-corrected chi connectivity index (χ2v) is 8.11. The summed E-state index contributed by atoms with van der Waals surface area (Å²) in [5.41, 5.74) is 5.82. The highest BCUT2D eigenvalue weighted by molar-refractivity contribution is 14.0. The van der Waals surface area contributed by atoms with Gasteiger partial charge in [0.15, 0.2) is 5.96 Å². The minimum Gasteiger partial charge on any atom is -0.406 e. The van der Waals surface area contributed by atoms with Crippen molar-refractivity contribution in [2.45, 2.75) is 19.2 Å². The average Bonchev–Trinajstić information content (AvgIpc) is 3.15. The Hall–Kier alpha value is -1.24. The van der Waals surface area contributed by atoms with Crippen LogP contribution in [-0.2, 0) is 9.84 Å². The number of nitrogens with one attached hydrogen (secondary N) is 1. The Kier molecular flexibility index (Phi) is 6.95. The van der Waals surface area contributed by atoms with Crippen molar-refractivity contribution in [2.75, 3.05) is 23.9 Å². The molecule has 142 valence electrons. The summed E-state index contributed by atoms with van der Waals surface area (Å²) in [6.07, 6.45) is -2.00. The quantitative estimate of drug-likeness (QED) is 0.361. The Balaban J connectivity index is 0.00000312. The van der Waals surface area contributed by atoms with Crippen molar-refractivity contribution >= 4 is 45.5 Å². The number of benzene rings is 1. The van der Waals surface area contributed by atoms with Crippen LogP contribution in [0.3, 0.4) is 0 Å². The highest BCUT2D eigenvalue weighted by atomic mass is 127. The summed E-state index contributed by atoms with van der Waals surface area (Å²) in [5.74, 6) is -0.201. The van der Waals surface area contributed by atoms with E-state index >= 15 is 0 Å². The molecule has 0 atom stereocenters. The first kappa shape index (κ1) is 21.8. The molecule has 0 aromatic heterocycles. The van der Waals surface area contributed by atoms with Gasteiger partial charge in [0.05, 0.1) is 5.75 Å². The van der Waals surface area contributed by atoms with Crippen molar-refractivity contribution in [3.8, 4) is 5.75 Å². The van der Waals surface area contributed by atoms with Gasteiger partial charge in [0, 0.05) is 23.9 Å². The molecule has 0 bridgehead atoms. The summed E-state index contributed by atoms with van der Waals surface area (Å²) in [6.45, 7) is 0.286. The highest BCUT2D eigenvalue weighted by Gasteiger charge is 2.45. The molecule has 3 N–H and O–H groups in total. The summed E-state index contributed by atoms with van der Waals surface area (Å²) in [7, 11) is -3.08. The molecule has 0 saturated heterocycles. The molecule has 25 heavy (non-hydrogen) atoms. The van der Waals surface area contributed by atoms with Gasteiger partial charge in [-0.15, -0.1) is 37.1 Å². The van der Waals surface area contributed by atoms with E-state index in [0.717, 1.165) is 25.0 Å². The molecule has 0 spiro atoms. The molecule has 1 aromatic carbocycles. The van der Waals surface area contributed by atoms with Crippen molar-refractivity contribution in [2.24, 2.45) is 16.1 Å². The number of aliphatic imine (C=N–C) groups is 1. The van der Waals surface area contributed by atoms with Gasteiger partial charge in [0.1, 0.15) is 15.6 Å². The van der Waals surface area contributed by atoms with Crippen LogP contribution in [0.1, 0.15) is 12.8 Å². The van der Waals surface area contributed by atoms with Gasteiger partial charge in [-0.3, -0.25) is 4.99 Å². The molecule has 2 rings (SSSR count). The Morgan fingerprint density at radius 1 is 1.32 bits per heavy atom. The smallest absolute Gasteiger partial charge is 0.406 e. The summed E-state index contributed by atoms with van der Waals surface area (Å²) in [4.78, 5) is 4.13. The Morgan fingerprint density at radius 2 is 1.88 bits per heavy atom. The molecule has 0 unspecified atom stereocenters. The van der Waals surface area contributed by atoms with E-state index in [1.54, 1.807) is 0 Å². The number of hydrogen-bond acceptors (Lipinski definition) is 4. The third-order valence-electron chi connectivity index (χ3n) is 3.47. The van der Waals surface area contributed by atoms with Gasteiger partial charge in [-0.05, 0) is 37.1 Å². The lowest BCUT2D eigenvalue weighted by molar-refractivity contribution is -0.274. The van der Waals surface area contributed by atoms with E-state index in [0.29, 0.717) is 5.69 Å². The molecule has 11 heteroatoms. The third-order valence-corrected chi connectivity index (χ3v) is 4.61. The van der Waals surface area contributed by atoms with E-state index in [-0.39, 0.29) is 53.4 Å². The number of rotatable bonds is 6. The molecule has 0 aliphatic heterocycles. The molecule has 1 aromatic rings. The van der Waals surface area contributed by atoms with E-state index in [9.17, 15) is 21.6 Å². The predicted octanol–water partition coefficient (Wildman–Crippen LogP) is 2.75. The molecular formula is C14H19F3IN3O3S. The molecule has 1 fully saturated rings.